The van der Waals surface area contributed by atoms with E-state index in [9.17, 15) is 109 Å². The number of nitrogens with zero attached hydrogens (tertiary/aromatic N) is 8. The van der Waals surface area contributed by atoms with Gasteiger partial charge in [0.2, 0.25) is 0 Å². The molecule has 38 nitrogen and oxygen atoms in total. The molecule has 8 aromatic carbocycles. The van der Waals surface area contributed by atoms with Crippen molar-refractivity contribution in [2.75, 3.05) is 86.4 Å². The number of amides is 12. The molecule has 0 radical (unpaired) electrons. The molecule has 6 heterocycles. The number of aromatic hydroxyl groups is 4. The Kier molecular flexibility index (Phi) is 22.7. The number of aliphatic hydroxyl groups excluding tert-OH is 6. The van der Waals surface area contributed by atoms with Crippen LogP contribution in [0.2, 0.25) is 0 Å². The molecule has 14 rings (SSSR count). The minimum atomic E-state index is -1.96. The predicted molar refractivity (Wildman–Crippen MR) is 405 cm³/mol. The summed E-state index contributed by atoms with van der Waals surface area (Å²) < 4.78 is 32.0. The third-order valence-corrected chi connectivity index (χ3v) is 20.1. The number of β-amino-alcohol motifs (C(OH)–C–C–N with tert-alkyl or cyclic N) is 4. The largest absolute Gasteiger partial charge is 0.508 e. The third kappa shape index (κ3) is 15.1. The highest BCUT2D eigenvalue weighted by Crippen LogP contribution is 2.41. The van der Waals surface area contributed by atoms with Gasteiger partial charge in [-0.2, -0.15) is 0 Å². The highest BCUT2D eigenvalue weighted by Gasteiger charge is 2.60. The summed E-state index contributed by atoms with van der Waals surface area (Å²) in [6.07, 6.45) is -11.4. The fourth-order valence-electron chi connectivity index (χ4n) is 14.3. The quantitative estimate of drug-likeness (QED) is 0.0190. The average Bonchev–Trinajstić information content (AvgIpc) is 1.56. The molecule has 4 unspecified atom stereocenters. The smallest absolute Gasteiger partial charge is 0.338 e. The van der Waals surface area contributed by atoms with Gasteiger partial charge in [0, 0.05) is 35.4 Å². The van der Waals surface area contributed by atoms with Gasteiger partial charge in [-0.1, -0.05) is 19.6 Å². The van der Waals surface area contributed by atoms with Crippen molar-refractivity contribution in [3.63, 3.8) is 0 Å². The molecule has 2 fully saturated rings. The summed E-state index contributed by atoms with van der Waals surface area (Å²) in [6, 6.07) is 25.7. The first kappa shape index (κ1) is 82.3. The fraction of sp³-hybridized carbons (Fsp3) is 0.235. The van der Waals surface area contributed by atoms with Gasteiger partial charge >= 0.3 is 35.9 Å². The molecule has 2 saturated heterocycles. The summed E-state index contributed by atoms with van der Waals surface area (Å²) in [4.78, 5) is 201. The second kappa shape index (κ2) is 32.9. The van der Waals surface area contributed by atoms with Gasteiger partial charge in [0.1, 0.15) is 74.7 Å². The molecule has 0 spiro atoms. The van der Waals surface area contributed by atoms with E-state index in [1.165, 1.54) is 62.8 Å². The normalized spacial score (nSPS) is 16.8. The Balaban J connectivity index is 0.0000123. The van der Waals surface area contributed by atoms with E-state index >= 15 is 9.59 Å². The Morgan fingerprint density at radius 3 is 0.765 bits per heavy atom. The predicted octanol–water partition coefficient (Wildman–Crippen LogP) is 3.65. The molecule has 119 heavy (non-hydrogen) atoms. The molecule has 38 heteroatoms. The number of urea groups is 2. The average molecular weight is 1640 g/mol. The van der Waals surface area contributed by atoms with Gasteiger partial charge in [-0.25, -0.2) is 48.4 Å². The summed E-state index contributed by atoms with van der Waals surface area (Å²) in [5.41, 5.74) is -3.10. The lowest BCUT2D eigenvalue weighted by Gasteiger charge is -2.32. The number of imide groups is 4. The van der Waals surface area contributed by atoms with Crippen LogP contribution in [0.5, 0.6) is 34.5 Å². The zero-order chi connectivity index (χ0) is 84.3. The van der Waals surface area contributed by atoms with E-state index in [1.54, 1.807) is 0 Å². The molecule has 12 amide bonds. The molecule has 0 bridgehead atoms. The zero-order valence-electron chi connectivity index (χ0n) is 61.6. The van der Waals surface area contributed by atoms with Gasteiger partial charge in [-0.3, -0.25) is 58.0 Å². The number of benzene rings is 8. The molecule has 6 aliphatic rings. The number of methoxy groups -OCH3 is 2. The van der Waals surface area contributed by atoms with Crippen LogP contribution in [0.1, 0.15) is 143 Å². The second-order valence-electron chi connectivity index (χ2n) is 27.5. The standard InChI is InChI=1S/C80H66N8O30.CH4/c1-113-63-17-11-45(25-61(63)97)87-69(101)53-15-7-39(21-57(53)73(87)105)77(109)117-35-49(93)29-83-66-65(81(79(83)111)27-47(91)33-115-75(107)37-5-13-51-55(19-37)71(103)85(67(51)99)43-9-3-41(31-89)59(95)23-43)82(28-48(92)34-116-76(108)38-6-14-52-56(20-38)72(104)86(68(52)100)44-10-4-42(32-90)60(96)24-44)80(112)84(66)30-50(94)36-118-78(110)40-8-16-54-58(22-40)74(106)88(70(54)102)46-12-18-64(114-2)62(98)26-46;/h3-26,47-50,65-66,89-98H,27-36H2,1-2H3;1H4. The van der Waals surface area contributed by atoms with E-state index in [0.29, 0.717) is 9.80 Å². The van der Waals surface area contributed by atoms with Crippen LogP contribution >= 0.6 is 0 Å². The third-order valence-electron chi connectivity index (χ3n) is 20.1. The maximum atomic E-state index is 15.3. The number of hydrogen-bond donors (Lipinski definition) is 10. The number of carbonyl (C=O) groups excluding carboxylic acids is 14. The van der Waals surface area contributed by atoms with Crippen molar-refractivity contribution in [3.05, 3.63) is 223 Å². The van der Waals surface area contributed by atoms with E-state index < -0.39 is 209 Å². The minimum absolute atomic E-state index is 0. The molecule has 8 aromatic rings. The Hall–Kier alpha value is -14.7. The molecule has 614 valence electrons. The number of aliphatic hydroxyl groups is 6. The summed E-state index contributed by atoms with van der Waals surface area (Å²) >= 11 is 0. The zero-order valence-corrected chi connectivity index (χ0v) is 61.6. The Morgan fingerprint density at radius 1 is 0.319 bits per heavy atom. The van der Waals surface area contributed by atoms with Crippen LogP contribution in [-0.2, 0) is 32.2 Å². The summed E-state index contributed by atoms with van der Waals surface area (Å²) in [7, 11) is 2.56. The summed E-state index contributed by atoms with van der Waals surface area (Å²) in [5, 5.41) is 108. The molecule has 6 aliphatic heterocycles. The number of phenolic OH excluding ortho intramolecular Hbond substituents is 2. The lowest BCUT2D eigenvalue weighted by atomic mass is 10.1. The number of carbonyl (C=O) groups is 14. The second-order valence-corrected chi connectivity index (χ2v) is 27.5. The maximum Gasteiger partial charge on any atom is 0.338 e. The molecule has 10 N–H and O–H groups in total. The number of ether oxygens (including phenoxy) is 6. The lowest BCUT2D eigenvalue weighted by Crippen LogP contribution is -2.52. The molecule has 4 atom stereocenters. The summed E-state index contributed by atoms with van der Waals surface area (Å²) in [6.45, 7) is -8.77. The fourth-order valence-corrected chi connectivity index (χ4v) is 14.3. The van der Waals surface area contributed by atoms with Crippen molar-refractivity contribution in [1.82, 2.24) is 19.6 Å². The van der Waals surface area contributed by atoms with Crippen LogP contribution in [0, 0.1) is 0 Å². The first-order chi connectivity index (χ1) is 56.4. The first-order valence-corrected chi connectivity index (χ1v) is 35.7. The number of phenols is 4. The van der Waals surface area contributed by atoms with Crippen molar-refractivity contribution >= 4 is 106 Å². The number of anilines is 4. The maximum absolute atomic E-state index is 15.3. The molecule has 0 saturated carbocycles. The van der Waals surface area contributed by atoms with Crippen LogP contribution in [0.4, 0.5) is 32.3 Å². The van der Waals surface area contributed by atoms with Crippen molar-refractivity contribution < 1.29 is 147 Å². The van der Waals surface area contributed by atoms with Crippen LogP contribution in [0.25, 0.3) is 0 Å². The van der Waals surface area contributed by atoms with E-state index in [0.717, 1.165) is 126 Å². The van der Waals surface area contributed by atoms with E-state index in [4.69, 9.17) is 28.4 Å². The molecular formula is C81H70N8O30. The Morgan fingerprint density at radius 2 is 0.546 bits per heavy atom. The van der Waals surface area contributed by atoms with Gasteiger partial charge in [-0.05, 0) is 109 Å². The van der Waals surface area contributed by atoms with Gasteiger partial charge in [0.15, 0.2) is 23.0 Å². The first-order valence-electron chi connectivity index (χ1n) is 35.7. The van der Waals surface area contributed by atoms with Gasteiger partial charge < -0.3 is 79.5 Å². The van der Waals surface area contributed by atoms with Crippen LogP contribution in [-0.4, -0.2) is 257 Å². The molecular weight excluding hydrogens is 1560 g/mol. The SMILES string of the molecule is C.COc1ccc(N2C(=O)c3ccc(C(=O)OCC(O)CN4C(=O)N(CC(O)COC(=O)c5ccc6c(c5)C(=O)N(c5ccc(CO)c(O)c5)C6=O)C5C4N(CC(O)COC(=O)c4ccc6c(c4)C(=O)N(c4ccc(OC)c(O)c4)C6=O)C(=O)N5CC(O)COC(=O)c4ccc5c(c4)C(=O)N(c4ccc(CO)c(O)c4)C5=O)cc3C2=O)cc1O. The topological polar surface area (TPSA) is 523 Å². The lowest BCUT2D eigenvalue weighted by molar-refractivity contribution is -0.00440. The highest BCUT2D eigenvalue weighted by atomic mass is 16.6. The highest BCUT2D eigenvalue weighted by molar-refractivity contribution is 6.37. The van der Waals surface area contributed by atoms with Crippen LogP contribution in [0.3, 0.4) is 0 Å². The number of fused-ring (bicyclic) bond motifs is 5. The van der Waals surface area contributed by atoms with Gasteiger partial charge in [0.05, 0.1) is 143 Å². The monoisotopic (exact) mass is 1630 g/mol. The van der Waals surface area contributed by atoms with Crippen molar-refractivity contribution in [3.8, 4) is 34.5 Å². The van der Waals surface area contributed by atoms with Crippen LogP contribution in [0.15, 0.2) is 146 Å². The molecule has 0 aromatic heterocycles. The van der Waals surface area contributed by atoms with E-state index in [-0.39, 0.29) is 120 Å². The number of rotatable bonds is 28. The van der Waals surface area contributed by atoms with Crippen molar-refractivity contribution in [1.29, 1.82) is 0 Å². The van der Waals surface area contributed by atoms with E-state index in [2.05, 4.69) is 0 Å². The van der Waals surface area contributed by atoms with Crippen molar-refractivity contribution in [2.45, 2.75) is 57.4 Å². The van der Waals surface area contributed by atoms with Crippen molar-refractivity contribution in [2.24, 2.45) is 0 Å². The Labute approximate surface area is 671 Å². The van der Waals surface area contributed by atoms with Gasteiger partial charge in [-0.15, -0.1) is 0 Å². The summed E-state index contributed by atoms with van der Waals surface area (Å²) in [5.74, 6) is -13.4. The number of esters is 4. The number of hydrogen-bond acceptors (Lipinski definition) is 30. The van der Waals surface area contributed by atoms with E-state index in [1.807, 2.05) is 0 Å². The van der Waals surface area contributed by atoms with Crippen LogP contribution < -0.4 is 29.1 Å². The molecule has 0 aliphatic carbocycles. The minimum Gasteiger partial charge on any atom is -0.508 e. The van der Waals surface area contributed by atoms with Gasteiger partial charge in [0.25, 0.3) is 47.3 Å². The Bertz CT molecular complexity index is 4980.